The van der Waals surface area contributed by atoms with Crippen LogP contribution >= 0.6 is 35.3 Å². The number of hydrogen-bond acceptors (Lipinski definition) is 4. The van der Waals surface area contributed by atoms with Crippen molar-refractivity contribution in [2.24, 2.45) is 4.99 Å². The molecule has 0 aliphatic carbocycles. The van der Waals surface area contributed by atoms with Crippen molar-refractivity contribution in [2.45, 2.75) is 39.4 Å². The number of aliphatic imine (C=N–C) groups is 1. The molecule has 0 amide bonds. The summed E-state index contributed by atoms with van der Waals surface area (Å²) in [5, 5.41) is 7.75. The summed E-state index contributed by atoms with van der Waals surface area (Å²) in [6, 6.07) is 8.89. The lowest BCUT2D eigenvalue weighted by molar-refractivity contribution is 0.331. The summed E-state index contributed by atoms with van der Waals surface area (Å²) in [6.07, 6.45) is 4.59. The Morgan fingerprint density at radius 1 is 1.12 bits per heavy atom. The Kier molecular flexibility index (Phi) is 8.80. The molecule has 2 N–H and O–H groups in total. The van der Waals surface area contributed by atoms with Gasteiger partial charge in [-0.3, -0.25) is 9.89 Å². The first-order valence-corrected chi connectivity index (χ1v) is 9.70. The third-order valence-electron chi connectivity index (χ3n) is 4.39. The molecule has 0 bridgehead atoms. The number of likely N-dealkylation sites (tertiary alicyclic amines) is 1. The fourth-order valence-corrected chi connectivity index (χ4v) is 3.74. The standard InChI is InChI=1S/C19H27N5S.HI/c1-15-11-21-18(25-15)13-23-19(20-2)22-12-16-5-7-17(8-6-16)14-24-9-3-4-10-24;/h5-8,11H,3-4,9-10,12-14H2,1-2H3,(H2,20,22,23);1H. The molecule has 0 spiro atoms. The molecule has 1 aliphatic rings. The molecular weight excluding hydrogens is 457 g/mol. The van der Waals surface area contributed by atoms with Gasteiger partial charge in [-0.15, -0.1) is 35.3 Å². The zero-order valence-corrected chi connectivity index (χ0v) is 18.6. The van der Waals surface area contributed by atoms with Crippen LogP contribution in [-0.2, 0) is 19.6 Å². The van der Waals surface area contributed by atoms with Crippen LogP contribution in [0.2, 0.25) is 0 Å². The molecule has 2 aromatic rings. The average molecular weight is 485 g/mol. The van der Waals surface area contributed by atoms with Gasteiger partial charge >= 0.3 is 0 Å². The number of thiazole rings is 1. The second kappa shape index (κ2) is 10.8. The molecule has 1 aromatic heterocycles. The Bertz CT molecular complexity index is 692. The van der Waals surface area contributed by atoms with Gasteiger partial charge in [0.25, 0.3) is 0 Å². The summed E-state index contributed by atoms with van der Waals surface area (Å²) in [6.45, 7) is 7.09. The van der Waals surface area contributed by atoms with Crippen LogP contribution < -0.4 is 10.6 Å². The van der Waals surface area contributed by atoms with Crippen molar-refractivity contribution in [1.29, 1.82) is 0 Å². The van der Waals surface area contributed by atoms with Gasteiger partial charge in [0.1, 0.15) is 5.01 Å². The van der Waals surface area contributed by atoms with E-state index in [1.807, 2.05) is 6.20 Å². The molecule has 7 heteroatoms. The molecule has 1 saturated heterocycles. The fraction of sp³-hybridized carbons (Fsp3) is 0.474. The predicted molar refractivity (Wildman–Crippen MR) is 120 cm³/mol. The summed E-state index contributed by atoms with van der Waals surface area (Å²) < 4.78 is 0. The van der Waals surface area contributed by atoms with E-state index in [-0.39, 0.29) is 24.0 Å². The second-order valence-corrected chi connectivity index (χ2v) is 7.76. The third-order valence-corrected chi connectivity index (χ3v) is 5.30. The van der Waals surface area contributed by atoms with Crippen molar-refractivity contribution in [2.75, 3.05) is 20.1 Å². The van der Waals surface area contributed by atoms with Crippen LogP contribution in [0.3, 0.4) is 0 Å². The quantitative estimate of drug-likeness (QED) is 0.374. The minimum absolute atomic E-state index is 0. The monoisotopic (exact) mass is 485 g/mol. The largest absolute Gasteiger partial charge is 0.352 e. The molecule has 3 rings (SSSR count). The molecule has 1 aromatic carbocycles. The van der Waals surface area contributed by atoms with Crippen molar-refractivity contribution in [3.63, 3.8) is 0 Å². The first-order valence-electron chi connectivity index (χ1n) is 8.89. The number of hydrogen-bond donors (Lipinski definition) is 2. The summed E-state index contributed by atoms with van der Waals surface area (Å²) in [5.74, 6) is 0.800. The van der Waals surface area contributed by atoms with Crippen LogP contribution in [0.4, 0.5) is 0 Å². The lowest BCUT2D eigenvalue weighted by atomic mass is 10.1. The van der Waals surface area contributed by atoms with Gasteiger partial charge < -0.3 is 10.6 Å². The van der Waals surface area contributed by atoms with Crippen molar-refractivity contribution < 1.29 is 0 Å². The minimum atomic E-state index is 0. The van der Waals surface area contributed by atoms with Crippen LogP contribution in [0, 0.1) is 6.92 Å². The maximum Gasteiger partial charge on any atom is 0.191 e. The zero-order valence-electron chi connectivity index (χ0n) is 15.5. The molecule has 1 aliphatic heterocycles. The molecule has 0 atom stereocenters. The van der Waals surface area contributed by atoms with Gasteiger partial charge in [0.05, 0.1) is 6.54 Å². The van der Waals surface area contributed by atoms with E-state index in [1.165, 1.54) is 41.9 Å². The lowest BCUT2D eigenvalue weighted by Crippen LogP contribution is -2.36. The SMILES string of the molecule is CN=C(NCc1ccc(CN2CCCC2)cc1)NCc1ncc(C)s1.I. The number of nitrogens with one attached hydrogen (secondary N) is 2. The lowest BCUT2D eigenvalue weighted by Gasteiger charge is -2.15. The third kappa shape index (κ3) is 6.51. The normalized spacial score (nSPS) is 14.9. The second-order valence-electron chi connectivity index (χ2n) is 6.44. The van der Waals surface area contributed by atoms with Gasteiger partial charge in [0, 0.05) is 31.2 Å². The molecule has 5 nitrogen and oxygen atoms in total. The number of rotatable bonds is 6. The Hall–Kier alpha value is -1.19. The number of benzene rings is 1. The maximum atomic E-state index is 4.36. The van der Waals surface area contributed by atoms with Crippen LogP contribution in [0.1, 0.15) is 33.9 Å². The number of halogens is 1. The van der Waals surface area contributed by atoms with Crippen LogP contribution in [0.15, 0.2) is 35.5 Å². The van der Waals surface area contributed by atoms with E-state index in [9.17, 15) is 0 Å². The van der Waals surface area contributed by atoms with Crippen molar-refractivity contribution >= 4 is 41.3 Å². The van der Waals surface area contributed by atoms with Crippen LogP contribution in [0.5, 0.6) is 0 Å². The Labute approximate surface area is 177 Å². The van der Waals surface area contributed by atoms with Crippen molar-refractivity contribution in [3.05, 3.63) is 51.5 Å². The van der Waals surface area contributed by atoms with E-state index >= 15 is 0 Å². The number of aromatic nitrogens is 1. The van der Waals surface area contributed by atoms with Gasteiger partial charge in [-0.05, 0) is 44.0 Å². The molecule has 0 unspecified atom stereocenters. The van der Waals surface area contributed by atoms with Crippen LogP contribution in [0.25, 0.3) is 0 Å². The van der Waals surface area contributed by atoms with E-state index in [0.29, 0.717) is 6.54 Å². The molecular formula is C19H28IN5S. The summed E-state index contributed by atoms with van der Waals surface area (Å²) >= 11 is 1.71. The molecule has 0 radical (unpaired) electrons. The highest BCUT2D eigenvalue weighted by Crippen LogP contribution is 2.13. The van der Waals surface area contributed by atoms with Gasteiger partial charge in [0.2, 0.25) is 0 Å². The van der Waals surface area contributed by atoms with Crippen molar-refractivity contribution in [3.8, 4) is 0 Å². The summed E-state index contributed by atoms with van der Waals surface area (Å²) in [7, 11) is 1.79. The summed E-state index contributed by atoms with van der Waals surface area (Å²) in [5.41, 5.74) is 2.66. The summed E-state index contributed by atoms with van der Waals surface area (Å²) in [4.78, 5) is 12.4. The highest BCUT2D eigenvalue weighted by molar-refractivity contribution is 14.0. The average Bonchev–Trinajstić information content (AvgIpc) is 3.28. The van der Waals surface area contributed by atoms with Gasteiger partial charge in [-0.2, -0.15) is 0 Å². The fourth-order valence-electron chi connectivity index (χ4n) is 3.01. The maximum absolute atomic E-state index is 4.36. The van der Waals surface area contributed by atoms with E-state index in [0.717, 1.165) is 24.1 Å². The van der Waals surface area contributed by atoms with E-state index in [2.05, 4.69) is 56.7 Å². The van der Waals surface area contributed by atoms with Gasteiger partial charge in [-0.1, -0.05) is 24.3 Å². The zero-order chi connectivity index (χ0) is 17.5. The van der Waals surface area contributed by atoms with Gasteiger partial charge in [-0.25, -0.2) is 4.98 Å². The number of nitrogens with zero attached hydrogens (tertiary/aromatic N) is 3. The van der Waals surface area contributed by atoms with E-state index in [1.54, 1.807) is 18.4 Å². The Morgan fingerprint density at radius 3 is 2.38 bits per heavy atom. The topological polar surface area (TPSA) is 52.6 Å². The van der Waals surface area contributed by atoms with Crippen LogP contribution in [-0.4, -0.2) is 36.0 Å². The van der Waals surface area contributed by atoms with E-state index in [4.69, 9.17) is 0 Å². The van der Waals surface area contributed by atoms with Gasteiger partial charge in [0.15, 0.2) is 5.96 Å². The molecule has 2 heterocycles. The Morgan fingerprint density at radius 2 is 1.77 bits per heavy atom. The smallest absolute Gasteiger partial charge is 0.191 e. The van der Waals surface area contributed by atoms with Crippen molar-refractivity contribution in [1.82, 2.24) is 20.5 Å². The molecule has 0 saturated carbocycles. The number of guanidine groups is 1. The first-order chi connectivity index (χ1) is 12.2. The minimum Gasteiger partial charge on any atom is -0.352 e. The van der Waals surface area contributed by atoms with E-state index < -0.39 is 0 Å². The Balaban J connectivity index is 0.00000243. The molecule has 142 valence electrons. The highest BCUT2D eigenvalue weighted by atomic mass is 127. The first kappa shape index (κ1) is 21.1. The highest BCUT2D eigenvalue weighted by Gasteiger charge is 2.11. The number of aryl methyl sites for hydroxylation is 1. The predicted octanol–water partition coefficient (Wildman–Crippen LogP) is 3.53. The molecule has 1 fully saturated rings. The molecule has 26 heavy (non-hydrogen) atoms.